The van der Waals surface area contributed by atoms with Crippen LogP contribution in [0.25, 0.3) is 0 Å². The maximum atomic E-state index is 11.6. The number of nitrogens with two attached hydrogens (primary N) is 1. The van der Waals surface area contributed by atoms with Crippen molar-refractivity contribution in [3.05, 3.63) is 17.8 Å². The third kappa shape index (κ3) is 2.95. The number of anilines is 1. The molecule has 0 radical (unpaired) electrons. The van der Waals surface area contributed by atoms with Crippen molar-refractivity contribution in [2.24, 2.45) is 5.73 Å². The fourth-order valence-corrected chi connectivity index (χ4v) is 1.86. The van der Waals surface area contributed by atoms with Crippen LogP contribution in [0.4, 0.5) is 5.82 Å². The highest BCUT2D eigenvalue weighted by atomic mass is 16.1. The largest absolute Gasteiger partial charge is 0.351 e. The Morgan fingerprint density at radius 1 is 1.50 bits per heavy atom. The molecule has 2 rings (SSSR count). The van der Waals surface area contributed by atoms with Crippen LogP contribution >= 0.6 is 0 Å². The van der Waals surface area contributed by atoms with Gasteiger partial charge >= 0.3 is 0 Å². The van der Waals surface area contributed by atoms with Gasteiger partial charge in [0, 0.05) is 25.7 Å². The Morgan fingerprint density at radius 2 is 2.28 bits per heavy atom. The minimum atomic E-state index is -0.187. The van der Waals surface area contributed by atoms with Crippen LogP contribution in [-0.2, 0) is 0 Å². The molecule has 0 aromatic carbocycles. The first-order valence-electron chi connectivity index (χ1n) is 6.35. The summed E-state index contributed by atoms with van der Waals surface area (Å²) in [6.45, 7) is 3.83. The summed E-state index contributed by atoms with van der Waals surface area (Å²) in [5.41, 5.74) is 5.95. The number of hydrogen-bond acceptors (Lipinski definition) is 5. The molecule has 18 heavy (non-hydrogen) atoms. The minimum Gasteiger partial charge on any atom is -0.351 e. The first-order chi connectivity index (χ1) is 8.76. The molecule has 98 valence electrons. The van der Waals surface area contributed by atoms with Crippen molar-refractivity contribution < 1.29 is 4.79 Å². The monoisotopic (exact) mass is 249 g/mol. The molecule has 1 amide bonds. The van der Waals surface area contributed by atoms with Gasteiger partial charge in [-0.3, -0.25) is 4.79 Å². The van der Waals surface area contributed by atoms with Crippen LogP contribution in [0.15, 0.2) is 12.1 Å². The highest BCUT2D eigenvalue weighted by Crippen LogP contribution is 2.29. The molecule has 0 saturated heterocycles. The number of nitrogens with zero attached hydrogens (tertiary/aromatic N) is 3. The SMILES string of the molecule is CCNC(=O)c1ccc(N(CCN)C2CC2)nn1. The minimum absolute atomic E-state index is 0.187. The summed E-state index contributed by atoms with van der Waals surface area (Å²) in [4.78, 5) is 13.7. The second-order valence-corrected chi connectivity index (χ2v) is 4.35. The van der Waals surface area contributed by atoms with E-state index < -0.39 is 0 Å². The molecule has 1 heterocycles. The summed E-state index contributed by atoms with van der Waals surface area (Å²) >= 11 is 0. The Balaban J connectivity index is 2.07. The Hall–Kier alpha value is -1.69. The molecule has 0 bridgehead atoms. The van der Waals surface area contributed by atoms with Crippen LogP contribution in [0.2, 0.25) is 0 Å². The molecule has 0 spiro atoms. The van der Waals surface area contributed by atoms with E-state index in [1.165, 1.54) is 12.8 Å². The fraction of sp³-hybridized carbons (Fsp3) is 0.583. The third-order valence-corrected chi connectivity index (χ3v) is 2.87. The van der Waals surface area contributed by atoms with Crippen molar-refractivity contribution in [1.82, 2.24) is 15.5 Å². The molecule has 1 aromatic rings. The molecular formula is C12H19N5O. The van der Waals surface area contributed by atoms with Crippen molar-refractivity contribution in [1.29, 1.82) is 0 Å². The molecule has 1 aromatic heterocycles. The van der Waals surface area contributed by atoms with E-state index in [-0.39, 0.29) is 5.91 Å². The summed E-state index contributed by atoms with van der Waals surface area (Å²) in [5, 5.41) is 10.8. The topological polar surface area (TPSA) is 84.1 Å². The second kappa shape index (κ2) is 5.77. The smallest absolute Gasteiger partial charge is 0.271 e. The standard InChI is InChI=1S/C12H19N5O/c1-2-14-12(18)10-5-6-11(16-15-10)17(8-7-13)9-3-4-9/h5-6,9H,2-4,7-8,13H2,1H3,(H,14,18). The molecule has 1 aliphatic rings. The molecule has 0 atom stereocenters. The van der Waals surface area contributed by atoms with E-state index in [0.717, 1.165) is 12.4 Å². The van der Waals surface area contributed by atoms with Crippen molar-refractivity contribution in [2.45, 2.75) is 25.8 Å². The summed E-state index contributed by atoms with van der Waals surface area (Å²) in [5.74, 6) is 0.615. The summed E-state index contributed by atoms with van der Waals surface area (Å²) < 4.78 is 0. The number of carbonyl (C=O) groups excluding carboxylic acids is 1. The van der Waals surface area contributed by atoms with E-state index in [9.17, 15) is 4.79 Å². The van der Waals surface area contributed by atoms with Crippen molar-refractivity contribution in [3.8, 4) is 0 Å². The Bertz CT molecular complexity index is 401. The molecular weight excluding hydrogens is 230 g/mol. The molecule has 3 N–H and O–H groups in total. The average Bonchev–Trinajstić information content (AvgIpc) is 3.21. The van der Waals surface area contributed by atoms with Gasteiger partial charge in [-0.1, -0.05) is 0 Å². The van der Waals surface area contributed by atoms with Gasteiger partial charge in [-0.2, -0.15) is 0 Å². The molecule has 6 heteroatoms. The lowest BCUT2D eigenvalue weighted by molar-refractivity contribution is 0.0950. The lowest BCUT2D eigenvalue weighted by Crippen LogP contribution is -2.32. The quantitative estimate of drug-likeness (QED) is 0.750. The highest BCUT2D eigenvalue weighted by molar-refractivity contribution is 5.92. The van der Waals surface area contributed by atoms with Gasteiger partial charge in [0.1, 0.15) is 0 Å². The molecule has 0 unspecified atom stereocenters. The maximum absolute atomic E-state index is 11.6. The number of nitrogens with one attached hydrogen (secondary N) is 1. The zero-order valence-corrected chi connectivity index (χ0v) is 10.6. The lowest BCUT2D eigenvalue weighted by Gasteiger charge is -2.21. The van der Waals surface area contributed by atoms with E-state index >= 15 is 0 Å². The van der Waals surface area contributed by atoms with E-state index in [1.54, 1.807) is 6.07 Å². The Kier molecular flexibility index (Phi) is 4.09. The predicted molar refractivity (Wildman–Crippen MR) is 69.5 cm³/mol. The van der Waals surface area contributed by atoms with Crippen molar-refractivity contribution >= 4 is 11.7 Å². The van der Waals surface area contributed by atoms with E-state index in [0.29, 0.717) is 24.8 Å². The van der Waals surface area contributed by atoms with Crippen LogP contribution in [0.3, 0.4) is 0 Å². The number of aromatic nitrogens is 2. The first-order valence-corrected chi connectivity index (χ1v) is 6.35. The zero-order valence-electron chi connectivity index (χ0n) is 10.6. The highest BCUT2D eigenvalue weighted by Gasteiger charge is 2.29. The van der Waals surface area contributed by atoms with Crippen LogP contribution in [0.5, 0.6) is 0 Å². The van der Waals surface area contributed by atoms with Gasteiger partial charge < -0.3 is 16.0 Å². The van der Waals surface area contributed by atoms with Crippen LogP contribution in [0, 0.1) is 0 Å². The molecule has 1 fully saturated rings. The van der Waals surface area contributed by atoms with Gasteiger partial charge in [0.05, 0.1) is 0 Å². The summed E-state index contributed by atoms with van der Waals surface area (Å²) in [6.07, 6.45) is 2.36. The van der Waals surface area contributed by atoms with E-state index in [1.807, 2.05) is 13.0 Å². The maximum Gasteiger partial charge on any atom is 0.271 e. The molecule has 1 saturated carbocycles. The van der Waals surface area contributed by atoms with E-state index in [4.69, 9.17) is 5.73 Å². The van der Waals surface area contributed by atoms with Gasteiger partial charge in [-0.05, 0) is 31.9 Å². The fourth-order valence-electron chi connectivity index (χ4n) is 1.86. The van der Waals surface area contributed by atoms with Crippen LogP contribution in [-0.4, -0.2) is 41.8 Å². The lowest BCUT2D eigenvalue weighted by atomic mass is 10.3. The van der Waals surface area contributed by atoms with Gasteiger partial charge in [0.15, 0.2) is 11.5 Å². The predicted octanol–water partition coefficient (Wildman–Crippen LogP) is 0.154. The third-order valence-electron chi connectivity index (χ3n) is 2.87. The van der Waals surface area contributed by atoms with Gasteiger partial charge in [-0.25, -0.2) is 0 Å². The molecule has 6 nitrogen and oxygen atoms in total. The second-order valence-electron chi connectivity index (χ2n) is 4.35. The number of rotatable bonds is 6. The number of carbonyl (C=O) groups is 1. The normalized spacial score (nSPS) is 14.3. The van der Waals surface area contributed by atoms with E-state index in [2.05, 4.69) is 20.4 Å². The van der Waals surface area contributed by atoms with Gasteiger partial charge in [-0.15, -0.1) is 10.2 Å². The first kappa shape index (κ1) is 12.8. The average molecular weight is 249 g/mol. The summed E-state index contributed by atoms with van der Waals surface area (Å²) in [6, 6.07) is 4.09. The zero-order chi connectivity index (χ0) is 13.0. The molecule has 1 aliphatic carbocycles. The van der Waals surface area contributed by atoms with Crippen LogP contribution in [0.1, 0.15) is 30.3 Å². The van der Waals surface area contributed by atoms with Crippen LogP contribution < -0.4 is 16.0 Å². The Labute approximate surface area is 107 Å². The van der Waals surface area contributed by atoms with Crippen molar-refractivity contribution in [2.75, 3.05) is 24.5 Å². The molecule has 0 aliphatic heterocycles. The Morgan fingerprint density at radius 3 is 2.78 bits per heavy atom. The van der Waals surface area contributed by atoms with Crippen molar-refractivity contribution in [3.63, 3.8) is 0 Å². The number of hydrogen-bond donors (Lipinski definition) is 2. The summed E-state index contributed by atoms with van der Waals surface area (Å²) in [7, 11) is 0. The van der Waals surface area contributed by atoms with Gasteiger partial charge in [0.2, 0.25) is 0 Å². The van der Waals surface area contributed by atoms with Gasteiger partial charge in [0.25, 0.3) is 5.91 Å². The number of amides is 1.